The third-order valence-electron chi connectivity index (χ3n) is 3.66. The summed E-state index contributed by atoms with van der Waals surface area (Å²) in [5.74, 6) is 0.642. The van der Waals surface area contributed by atoms with Crippen molar-refractivity contribution in [3.8, 4) is 5.75 Å². The number of hydrogen-bond donors (Lipinski definition) is 2. The Kier molecular flexibility index (Phi) is 3.18. The van der Waals surface area contributed by atoms with Crippen LogP contribution in [-0.2, 0) is 18.4 Å². The van der Waals surface area contributed by atoms with Crippen molar-refractivity contribution < 1.29 is 9.90 Å². The highest BCUT2D eigenvalue weighted by Crippen LogP contribution is 2.47. The van der Waals surface area contributed by atoms with Gasteiger partial charge in [0, 0.05) is 25.7 Å². The van der Waals surface area contributed by atoms with E-state index in [1.165, 1.54) is 0 Å². The molecule has 1 aromatic heterocycles. The zero-order valence-corrected chi connectivity index (χ0v) is 11.3. The van der Waals surface area contributed by atoms with E-state index >= 15 is 0 Å². The predicted molar refractivity (Wildman–Crippen MR) is 74.0 cm³/mol. The average Bonchev–Trinajstić information content (AvgIpc) is 3.12. The molecule has 2 N–H and O–H groups in total. The summed E-state index contributed by atoms with van der Waals surface area (Å²) in [5, 5.41) is 16.4. The summed E-state index contributed by atoms with van der Waals surface area (Å²) < 4.78 is 1.76. The van der Waals surface area contributed by atoms with E-state index in [1.807, 2.05) is 25.5 Å². The van der Waals surface area contributed by atoms with Crippen molar-refractivity contribution in [2.45, 2.75) is 18.9 Å². The highest BCUT2D eigenvalue weighted by molar-refractivity contribution is 5.82. The second kappa shape index (κ2) is 5.00. The first-order valence-corrected chi connectivity index (χ1v) is 6.67. The number of amides is 1. The van der Waals surface area contributed by atoms with Gasteiger partial charge in [0.15, 0.2) is 0 Å². The van der Waals surface area contributed by atoms with Gasteiger partial charge in [-0.1, -0.05) is 12.1 Å². The molecule has 1 amide bonds. The van der Waals surface area contributed by atoms with E-state index < -0.39 is 0 Å². The van der Waals surface area contributed by atoms with Gasteiger partial charge in [-0.05, 0) is 35.6 Å². The van der Waals surface area contributed by atoms with E-state index in [0.717, 1.165) is 17.5 Å². The van der Waals surface area contributed by atoms with Crippen LogP contribution in [0.15, 0.2) is 36.7 Å². The van der Waals surface area contributed by atoms with Crippen molar-refractivity contribution in [3.05, 3.63) is 47.8 Å². The monoisotopic (exact) mass is 271 g/mol. The van der Waals surface area contributed by atoms with Crippen molar-refractivity contribution in [3.63, 3.8) is 0 Å². The molecule has 0 saturated heterocycles. The number of phenolic OH excluding ortho intramolecular Hbond substituents is 1. The minimum Gasteiger partial charge on any atom is -0.508 e. The topological polar surface area (TPSA) is 67.2 Å². The number of nitrogens with zero attached hydrogens (tertiary/aromatic N) is 2. The van der Waals surface area contributed by atoms with Crippen LogP contribution in [0.3, 0.4) is 0 Å². The molecule has 1 aliphatic carbocycles. The number of nitrogens with one attached hydrogen (secondary N) is 1. The van der Waals surface area contributed by atoms with Gasteiger partial charge in [-0.25, -0.2) is 0 Å². The molecule has 1 heterocycles. The Labute approximate surface area is 117 Å². The van der Waals surface area contributed by atoms with Crippen molar-refractivity contribution in [2.24, 2.45) is 13.0 Å². The molecule has 1 aliphatic rings. The van der Waals surface area contributed by atoms with Crippen molar-refractivity contribution in [2.75, 3.05) is 0 Å². The van der Waals surface area contributed by atoms with Gasteiger partial charge in [-0.2, -0.15) is 5.10 Å². The van der Waals surface area contributed by atoms with Crippen molar-refractivity contribution >= 4 is 5.91 Å². The molecule has 2 aromatic rings. The van der Waals surface area contributed by atoms with E-state index in [-0.39, 0.29) is 17.6 Å². The zero-order chi connectivity index (χ0) is 14.1. The van der Waals surface area contributed by atoms with Gasteiger partial charge >= 0.3 is 0 Å². The smallest absolute Gasteiger partial charge is 0.224 e. The van der Waals surface area contributed by atoms with Gasteiger partial charge in [0.2, 0.25) is 5.91 Å². The second-order valence-corrected chi connectivity index (χ2v) is 5.28. The fourth-order valence-electron chi connectivity index (χ4n) is 2.47. The fourth-order valence-corrected chi connectivity index (χ4v) is 2.47. The molecule has 0 unspecified atom stereocenters. The van der Waals surface area contributed by atoms with Crippen molar-refractivity contribution in [1.29, 1.82) is 0 Å². The normalized spacial score (nSPS) is 20.6. The third-order valence-corrected chi connectivity index (χ3v) is 3.66. The summed E-state index contributed by atoms with van der Waals surface area (Å²) >= 11 is 0. The van der Waals surface area contributed by atoms with E-state index in [0.29, 0.717) is 12.5 Å². The maximum absolute atomic E-state index is 12.1. The molecule has 1 aromatic carbocycles. The van der Waals surface area contributed by atoms with E-state index in [2.05, 4.69) is 10.4 Å². The van der Waals surface area contributed by atoms with Crippen LogP contribution in [0.25, 0.3) is 0 Å². The minimum atomic E-state index is 0.0523. The maximum atomic E-state index is 12.1. The van der Waals surface area contributed by atoms with E-state index in [9.17, 15) is 9.90 Å². The summed E-state index contributed by atoms with van der Waals surface area (Å²) in [4.78, 5) is 12.1. The summed E-state index contributed by atoms with van der Waals surface area (Å²) in [7, 11) is 1.88. The largest absolute Gasteiger partial charge is 0.508 e. The maximum Gasteiger partial charge on any atom is 0.224 e. The molecule has 0 radical (unpaired) electrons. The predicted octanol–water partition coefficient (Wildman–Crippen LogP) is 1.55. The van der Waals surface area contributed by atoms with Crippen LogP contribution in [0.5, 0.6) is 5.75 Å². The molecule has 0 bridgehead atoms. The zero-order valence-electron chi connectivity index (χ0n) is 11.3. The Morgan fingerprint density at radius 2 is 2.40 bits per heavy atom. The van der Waals surface area contributed by atoms with E-state index in [1.54, 1.807) is 22.9 Å². The Hall–Kier alpha value is -2.30. The van der Waals surface area contributed by atoms with Crippen LogP contribution < -0.4 is 5.32 Å². The third kappa shape index (κ3) is 2.66. The highest BCUT2D eigenvalue weighted by Gasteiger charge is 2.44. The summed E-state index contributed by atoms with van der Waals surface area (Å²) in [6, 6.07) is 6.92. The first-order chi connectivity index (χ1) is 9.63. The standard InChI is InChI=1S/C15H17N3O2/c1-18-9-11(8-17-18)13-6-14(13)15(20)16-7-10-3-2-4-12(19)5-10/h2-5,8-9,13-14,19H,6-7H2,1H3,(H,16,20)/t13-,14-/m0/s1. The molecule has 20 heavy (non-hydrogen) atoms. The molecule has 3 rings (SSSR count). The van der Waals surface area contributed by atoms with Crippen LogP contribution in [0.4, 0.5) is 0 Å². The lowest BCUT2D eigenvalue weighted by atomic mass is 10.2. The average molecular weight is 271 g/mol. The molecule has 5 nitrogen and oxygen atoms in total. The van der Waals surface area contributed by atoms with Crippen LogP contribution >= 0.6 is 0 Å². The second-order valence-electron chi connectivity index (χ2n) is 5.28. The lowest BCUT2D eigenvalue weighted by Gasteiger charge is -2.05. The van der Waals surface area contributed by atoms with Crippen LogP contribution in [-0.4, -0.2) is 20.8 Å². The quantitative estimate of drug-likeness (QED) is 0.886. The van der Waals surface area contributed by atoms with E-state index in [4.69, 9.17) is 0 Å². The summed E-state index contributed by atoms with van der Waals surface area (Å²) in [6.07, 6.45) is 4.68. The first-order valence-electron chi connectivity index (χ1n) is 6.67. The fraction of sp³-hybridized carbons (Fsp3) is 0.333. The van der Waals surface area contributed by atoms with Gasteiger partial charge in [0.1, 0.15) is 5.75 Å². The van der Waals surface area contributed by atoms with Gasteiger partial charge in [-0.15, -0.1) is 0 Å². The van der Waals surface area contributed by atoms with Gasteiger partial charge in [0.05, 0.1) is 6.20 Å². The summed E-state index contributed by atoms with van der Waals surface area (Å²) in [5.41, 5.74) is 2.03. The number of hydrogen-bond acceptors (Lipinski definition) is 3. The number of benzene rings is 1. The highest BCUT2D eigenvalue weighted by atomic mass is 16.3. The number of phenols is 1. The van der Waals surface area contributed by atoms with Crippen LogP contribution in [0.1, 0.15) is 23.5 Å². The number of aromatic nitrogens is 2. The molecule has 1 saturated carbocycles. The number of rotatable bonds is 4. The van der Waals surface area contributed by atoms with Gasteiger partial charge < -0.3 is 10.4 Å². The molecule has 1 fully saturated rings. The minimum absolute atomic E-state index is 0.0523. The van der Waals surface area contributed by atoms with Crippen LogP contribution in [0.2, 0.25) is 0 Å². The molecular weight excluding hydrogens is 254 g/mol. The number of carbonyl (C=O) groups excluding carboxylic acids is 1. The Morgan fingerprint density at radius 3 is 3.10 bits per heavy atom. The lowest BCUT2D eigenvalue weighted by molar-refractivity contribution is -0.122. The molecular formula is C15H17N3O2. The Morgan fingerprint density at radius 1 is 1.55 bits per heavy atom. The van der Waals surface area contributed by atoms with Crippen LogP contribution in [0, 0.1) is 5.92 Å². The molecule has 2 atom stereocenters. The number of aryl methyl sites for hydroxylation is 1. The summed E-state index contributed by atoms with van der Waals surface area (Å²) in [6.45, 7) is 0.448. The number of carbonyl (C=O) groups is 1. The molecule has 104 valence electrons. The van der Waals surface area contributed by atoms with Gasteiger partial charge in [0.25, 0.3) is 0 Å². The molecule has 5 heteroatoms. The Balaban J connectivity index is 1.54. The number of aromatic hydroxyl groups is 1. The molecule has 0 aliphatic heterocycles. The molecule has 0 spiro atoms. The Bertz CT molecular complexity index is 636. The van der Waals surface area contributed by atoms with Crippen molar-refractivity contribution in [1.82, 2.24) is 15.1 Å². The van der Waals surface area contributed by atoms with Gasteiger partial charge in [-0.3, -0.25) is 9.48 Å². The first kappa shape index (κ1) is 12.7. The SMILES string of the molecule is Cn1cc([C@@H]2C[C@@H]2C(=O)NCc2cccc(O)c2)cn1. The lowest BCUT2D eigenvalue weighted by Crippen LogP contribution is -2.24.